The maximum atomic E-state index is 12.2. The number of aliphatic hydroxyl groups is 2. The molecule has 4 nitrogen and oxygen atoms in total. The summed E-state index contributed by atoms with van der Waals surface area (Å²) in [5.41, 5.74) is -0.984. The number of hydrogen-bond acceptors (Lipinski definition) is 4. The Morgan fingerprint density at radius 3 is 2.76 bits per heavy atom. The topological polar surface area (TPSA) is 66.8 Å². The van der Waals surface area contributed by atoms with Crippen LogP contribution >= 0.6 is 0 Å². The van der Waals surface area contributed by atoms with Crippen LogP contribution < -0.4 is 0 Å². The van der Waals surface area contributed by atoms with Crippen molar-refractivity contribution in [1.29, 1.82) is 0 Å². The Labute approximate surface area is 99.6 Å². The monoisotopic (exact) mass is 236 g/mol. The molecule has 3 rings (SSSR count). The van der Waals surface area contributed by atoms with Crippen molar-refractivity contribution in [2.24, 2.45) is 23.2 Å². The molecule has 4 heteroatoms. The first-order valence-electron chi connectivity index (χ1n) is 5.93. The van der Waals surface area contributed by atoms with Crippen LogP contribution in [0.5, 0.6) is 0 Å². The van der Waals surface area contributed by atoms with Crippen LogP contribution in [-0.4, -0.2) is 35.5 Å². The Kier molecular flexibility index (Phi) is 2.22. The van der Waals surface area contributed by atoms with E-state index in [1.54, 1.807) is 6.08 Å². The zero-order valence-corrected chi connectivity index (χ0v) is 9.61. The molecular formula is C13H16O4. The lowest BCUT2D eigenvalue weighted by Crippen LogP contribution is -2.56. The number of hydrogen-bond donors (Lipinski definition) is 2. The third-order valence-electron chi connectivity index (χ3n) is 4.63. The summed E-state index contributed by atoms with van der Waals surface area (Å²) in [7, 11) is 1.33. The molecule has 0 aliphatic heterocycles. The molecule has 2 bridgehead atoms. The van der Waals surface area contributed by atoms with E-state index >= 15 is 0 Å². The van der Waals surface area contributed by atoms with E-state index in [-0.39, 0.29) is 17.8 Å². The van der Waals surface area contributed by atoms with E-state index < -0.39 is 23.6 Å². The van der Waals surface area contributed by atoms with Crippen molar-refractivity contribution in [1.82, 2.24) is 0 Å². The lowest BCUT2D eigenvalue weighted by atomic mass is 9.60. The first kappa shape index (κ1) is 11.0. The van der Waals surface area contributed by atoms with Crippen LogP contribution in [0.3, 0.4) is 0 Å². The molecule has 3 aliphatic rings. The van der Waals surface area contributed by atoms with E-state index in [0.717, 1.165) is 6.42 Å². The van der Waals surface area contributed by atoms with Gasteiger partial charge in [-0.3, -0.25) is 4.79 Å². The highest BCUT2D eigenvalue weighted by molar-refractivity contribution is 5.81. The summed E-state index contributed by atoms with van der Waals surface area (Å²) in [6.45, 7) is 0. The van der Waals surface area contributed by atoms with Gasteiger partial charge in [-0.1, -0.05) is 24.3 Å². The van der Waals surface area contributed by atoms with Crippen molar-refractivity contribution < 1.29 is 19.7 Å². The van der Waals surface area contributed by atoms with Crippen LogP contribution in [0.1, 0.15) is 6.42 Å². The second kappa shape index (κ2) is 3.43. The Bertz CT molecular complexity index is 414. The average molecular weight is 236 g/mol. The van der Waals surface area contributed by atoms with E-state index in [4.69, 9.17) is 4.74 Å². The minimum Gasteiger partial charge on any atom is -0.468 e. The number of allylic oxidation sites excluding steroid dienone is 2. The van der Waals surface area contributed by atoms with Gasteiger partial charge in [-0.25, -0.2) is 0 Å². The minimum absolute atomic E-state index is 0.0282. The van der Waals surface area contributed by atoms with Crippen LogP contribution in [0.4, 0.5) is 0 Å². The number of ether oxygens (including phenoxy) is 1. The molecule has 0 unspecified atom stereocenters. The van der Waals surface area contributed by atoms with Gasteiger partial charge in [-0.05, 0) is 18.3 Å². The Balaban J connectivity index is 2.15. The van der Waals surface area contributed by atoms with Crippen LogP contribution in [0, 0.1) is 23.2 Å². The van der Waals surface area contributed by atoms with E-state index in [1.807, 2.05) is 12.2 Å². The highest BCUT2D eigenvalue weighted by atomic mass is 16.5. The molecule has 0 radical (unpaired) electrons. The van der Waals surface area contributed by atoms with E-state index in [2.05, 4.69) is 0 Å². The summed E-state index contributed by atoms with van der Waals surface area (Å²) in [4.78, 5) is 12.2. The SMILES string of the molecule is COC(=O)[C@@]12[C@@H]([C@@H]3C=C[C@H]1C3)[C@@H](O)C=C[C@H]2O. The lowest BCUT2D eigenvalue weighted by Gasteiger charge is -2.45. The van der Waals surface area contributed by atoms with Gasteiger partial charge in [-0.15, -0.1) is 0 Å². The molecule has 0 spiro atoms. The predicted molar refractivity (Wildman–Crippen MR) is 59.8 cm³/mol. The predicted octanol–water partition coefficient (Wildman–Crippen LogP) is 0.259. The zero-order chi connectivity index (χ0) is 12.2. The summed E-state index contributed by atoms with van der Waals surface area (Å²) in [6, 6.07) is 0. The molecule has 0 saturated heterocycles. The third-order valence-corrected chi connectivity index (χ3v) is 4.63. The molecule has 3 aliphatic carbocycles. The first-order valence-corrected chi connectivity index (χ1v) is 5.93. The van der Waals surface area contributed by atoms with Crippen molar-refractivity contribution in [2.45, 2.75) is 18.6 Å². The summed E-state index contributed by atoms with van der Waals surface area (Å²) < 4.78 is 4.89. The molecule has 17 heavy (non-hydrogen) atoms. The summed E-state index contributed by atoms with van der Waals surface area (Å²) in [5, 5.41) is 20.3. The minimum atomic E-state index is -0.984. The number of rotatable bonds is 1. The number of carbonyl (C=O) groups excluding carboxylic acids is 1. The van der Waals surface area contributed by atoms with Crippen molar-refractivity contribution in [3.8, 4) is 0 Å². The molecule has 0 aromatic carbocycles. The number of methoxy groups -OCH3 is 1. The maximum absolute atomic E-state index is 12.2. The fourth-order valence-corrected chi connectivity index (χ4v) is 3.98. The molecule has 1 saturated carbocycles. The largest absolute Gasteiger partial charge is 0.468 e. The second-order valence-electron chi connectivity index (χ2n) is 5.16. The fraction of sp³-hybridized carbons (Fsp3) is 0.615. The second-order valence-corrected chi connectivity index (χ2v) is 5.16. The normalized spacial score (nSPS) is 50.4. The lowest BCUT2D eigenvalue weighted by molar-refractivity contribution is -0.171. The van der Waals surface area contributed by atoms with Gasteiger partial charge in [-0.2, -0.15) is 0 Å². The van der Waals surface area contributed by atoms with Crippen molar-refractivity contribution in [2.75, 3.05) is 7.11 Å². The molecule has 0 heterocycles. The highest BCUT2D eigenvalue weighted by Gasteiger charge is 2.66. The number of fused-ring (bicyclic) bond motifs is 5. The molecule has 2 N–H and O–H groups in total. The summed E-state index contributed by atoms with van der Waals surface area (Å²) >= 11 is 0. The Morgan fingerprint density at radius 1 is 1.29 bits per heavy atom. The smallest absolute Gasteiger partial charge is 0.315 e. The van der Waals surface area contributed by atoms with Gasteiger partial charge in [0.1, 0.15) is 5.41 Å². The van der Waals surface area contributed by atoms with Gasteiger partial charge in [0, 0.05) is 5.92 Å². The fourth-order valence-electron chi connectivity index (χ4n) is 3.98. The van der Waals surface area contributed by atoms with Crippen LogP contribution in [0.15, 0.2) is 24.3 Å². The maximum Gasteiger partial charge on any atom is 0.315 e. The molecule has 0 aromatic heterocycles. The highest BCUT2D eigenvalue weighted by Crippen LogP contribution is 2.61. The Morgan fingerprint density at radius 2 is 2.06 bits per heavy atom. The average Bonchev–Trinajstić information content (AvgIpc) is 2.92. The number of carbonyl (C=O) groups is 1. The zero-order valence-electron chi connectivity index (χ0n) is 9.61. The van der Waals surface area contributed by atoms with Gasteiger partial charge in [0.05, 0.1) is 19.3 Å². The van der Waals surface area contributed by atoms with E-state index in [1.165, 1.54) is 13.2 Å². The van der Waals surface area contributed by atoms with Gasteiger partial charge >= 0.3 is 5.97 Å². The summed E-state index contributed by atoms with van der Waals surface area (Å²) in [6.07, 6.45) is 6.40. The quantitative estimate of drug-likeness (QED) is 0.506. The van der Waals surface area contributed by atoms with Gasteiger partial charge < -0.3 is 14.9 Å². The van der Waals surface area contributed by atoms with Crippen LogP contribution in [-0.2, 0) is 9.53 Å². The van der Waals surface area contributed by atoms with E-state index in [0.29, 0.717) is 0 Å². The molecule has 92 valence electrons. The molecule has 0 amide bonds. The molecular weight excluding hydrogens is 220 g/mol. The van der Waals surface area contributed by atoms with Gasteiger partial charge in [0.15, 0.2) is 0 Å². The standard InChI is InChI=1S/C13H16O4/c1-17-12(16)13-8-3-2-7(6-8)11(13)9(14)4-5-10(13)15/h2-5,7-11,14-15H,6H2,1H3/t7-,8+,9+,10-,11+,13+/m1/s1. The van der Waals surface area contributed by atoms with Crippen LogP contribution in [0.25, 0.3) is 0 Å². The molecule has 0 aromatic rings. The van der Waals surface area contributed by atoms with Gasteiger partial charge in [0.25, 0.3) is 0 Å². The van der Waals surface area contributed by atoms with Crippen molar-refractivity contribution in [3.05, 3.63) is 24.3 Å². The van der Waals surface area contributed by atoms with Crippen molar-refractivity contribution >= 4 is 5.97 Å². The third kappa shape index (κ3) is 1.12. The van der Waals surface area contributed by atoms with Gasteiger partial charge in [0.2, 0.25) is 0 Å². The number of esters is 1. The first-order chi connectivity index (χ1) is 8.12. The molecule has 1 fully saturated rings. The van der Waals surface area contributed by atoms with Crippen LogP contribution in [0.2, 0.25) is 0 Å². The van der Waals surface area contributed by atoms with Crippen molar-refractivity contribution in [3.63, 3.8) is 0 Å². The molecule has 6 atom stereocenters. The number of aliphatic hydroxyl groups excluding tert-OH is 2. The Hall–Kier alpha value is -1.13. The summed E-state index contributed by atoms with van der Waals surface area (Å²) in [5.74, 6) is -0.534. The van der Waals surface area contributed by atoms with E-state index in [9.17, 15) is 15.0 Å².